The van der Waals surface area contributed by atoms with Crippen LogP contribution in [0.4, 0.5) is 0 Å². The van der Waals surface area contributed by atoms with Crippen LogP contribution < -0.4 is 5.32 Å². The highest BCUT2D eigenvalue weighted by Crippen LogP contribution is 2.37. The van der Waals surface area contributed by atoms with Crippen molar-refractivity contribution in [2.24, 2.45) is 5.41 Å². The molecule has 1 saturated carbocycles. The minimum absolute atomic E-state index is 0.434. The Morgan fingerprint density at radius 1 is 1.64 bits per heavy atom. The van der Waals surface area contributed by atoms with Crippen molar-refractivity contribution in [3.8, 4) is 0 Å². The Balaban J connectivity index is 1.86. The molecule has 1 fully saturated rings. The Bertz CT molecular complexity index is 279. The van der Waals surface area contributed by atoms with E-state index in [0.717, 1.165) is 12.2 Å². The van der Waals surface area contributed by atoms with Crippen LogP contribution in [0.25, 0.3) is 0 Å². The van der Waals surface area contributed by atoms with Gasteiger partial charge in [0.15, 0.2) is 0 Å². The van der Waals surface area contributed by atoms with Crippen molar-refractivity contribution in [2.75, 3.05) is 0 Å². The molecule has 0 radical (unpaired) electrons. The molecule has 0 bridgehead atoms. The SMILES string of the molecule is CC1(C)CCCC1NCc1ccon1. The topological polar surface area (TPSA) is 38.1 Å². The summed E-state index contributed by atoms with van der Waals surface area (Å²) >= 11 is 0. The molecule has 1 aromatic rings. The number of nitrogens with one attached hydrogen (secondary N) is 1. The predicted molar refractivity (Wildman–Crippen MR) is 54.8 cm³/mol. The van der Waals surface area contributed by atoms with Crippen LogP contribution >= 0.6 is 0 Å². The van der Waals surface area contributed by atoms with Gasteiger partial charge in [-0.05, 0) is 18.3 Å². The van der Waals surface area contributed by atoms with E-state index < -0.39 is 0 Å². The highest BCUT2D eigenvalue weighted by molar-refractivity contribution is 4.97. The Labute approximate surface area is 84.9 Å². The lowest BCUT2D eigenvalue weighted by molar-refractivity contribution is 0.280. The van der Waals surface area contributed by atoms with Gasteiger partial charge in [-0.2, -0.15) is 0 Å². The first kappa shape index (κ1) is 9.71. The van der Waals surface area contributed by atoms with E-state index in [1.165, 1.54) is 19.3 Å². The number of aromatic nitrogens is 1. The first-order valence-electron chi connectivity index (χ1n) is 5.31. The van der Waals surface area contributed by atoms with Crippen molar-refractivity contribution in [2.45, 2.75) is 45.7 Å². The molecule has 1 N–H and O–H groups in total. The van der Waals surface area contributed by atoms with Crippen LogP contribution in [0.3, 0.4) is 0 Å². The number of hydrogen-bond acceptors (Lipinski definition) is 3. The second-order valence-corrected chi connectivity index (χ2v) is 4.81. The van der Waals surface area contributed by atoms with Crippen molar-refractivity contribution in [3.63, 3.8) is 0 Å². The van der Waals surface area contributed by atoms with Gasteiger partial charge in [0.05, 0.1) is 5.69 Å². The molecule has 1 unspecified atom stereocenters. The minimum atomic E-state index is 0.434. The summed E-state index contributed by atoms with van der Waals surface area (Å²) in [6, 6.07) is 2.54. The lowest BCUT2D eigenvalue weighted by atomic mass is 9.87. The normalized spacial score (nSPS) is 25.4. The fourth-order valence-electron chi connectivity index (χ4n) is 2.26. The lowest BCUT2D eigenvalue weighted by Crippen LogP contribution is -2.37. The molecule has 14 heavy (non-hydrogen) atoms. The molecule has 3 nitrogen and oxygen atoms in total. The molecule has 1 atom stereocenters. The summed E-state index contributed by atoms with van der Waals surface area (Å²) in [7, 11) is 0. The molecule has 0 spiro atoms. The third-order valence-corrected chi connectivity index (χ3v) is 3.28. The monoisotopic (exact) mass is 194 g/mol. The third-order valence-electron chi connectivity index (χ3n) is 3.28. The molecule has 2 rings (SSSR count). The summed E-state index contributed by atoms with van der Waals surface area (Å²) < 4.78 is 4.79. The summed E-state index contributed by atoms with van der Waals surface area (Å²) in [5.74, 6) is 0. The summed E-state index contributed by atoms with van der Waals surface area (Å²) in [5, 5.41) is 7.44. The fourth-order valence-corrected chi connectivity index (χ4v) is 2.26. The van der Waals surface area contributed by atoms with E-state index in [1.54, 1.807) is 6.26 Å². The third kappa shape index (κ3) is 1.98. The maximum Gasteiger partial charge on any atom is 0.124 e. The number of rotatable bonds is 3. The van der Waals surface area contributed by atoms with Crippen LogP contribution in [0.5, 0.6) is 0 Å². The highest BCUT2D eigenvalue weighted by Gasteiger charge is 2.33. The molecular weight excluding hydrogens is 176 g/mol. The molecule has 0 saturated heterocycles. The maximum absolute atomic E-state index is 4.79. The lowest BCUT2D eigenvalue weighted by Gasteiger charge is -2.27. The summed E-state index contributed by atoms with van der Waals surface area (Å²) in [6.45, 7) is 5.49. The Morgan fingerprint density at radius 3 is 3.07 bits per heavy atom. The van der Waals surface area contributed by atoms with E-state index in [2.05, 4.69) is 24.3 Å². The van der Waals surface area contributed by atoms with Gasteiger partial charge < -0.3 is 9.84 Å². The molecule has 0 aromatic carbocycles. The molecule has 0 amide bonds. The van der Waals surface area contributed by atoms with Crippen molar-refractivity contribution >= 4 is 0 Å². The van der Waals surface area contributed by atoms with Crippen LogP contribution in [-0.4, -0.2) is 11.2 Å². The first-order valence-corrected chi connectivity index (χ1v) is 5.31. The van der Waals surface area contributed by atoms with Crippen molar-refractivity contribution in [1.82, 2.24) is 10.5 Å². The Morgan fingerprint density at radius 2 is 2.50 bits per heavy atom. The van der Waals surface area contributed by atoms with Gasteiger partial charge in [0.25, 0.3) is 0 Å². The van der Waals surface area contributed by atoms with Crippen molar-refractivity contribution < 1.29 is 4.52 Å². The van der Waals surface area contributed by atoms with Gasteiger partial charge in [0.1, 0.15) is 6.26 Å². The second kappa shape index (κ2) is 3.73. The van der Waals surface area contributed by atoms with Crippen LogP contribution in [0.2, 0.25) is 0 Å². The van der Waals surface area contributed by atoms with E-state index in [0.29, 0.717) is 11.5 Å². The molecule has 1 heterocycles. The number of nitrogens with zero attached hydrogens (tertiary/aromatic N) is 1. The van der Waals surface area contributed by atoms with Crippen LogP contribution in [0.15, 0.2) is 16.9 Å². The quantitative estimate of drug-likeness (QED) is 0.802. The largest absolute Gasteiger partial charge is 0.364 e. The Hall–Kier alpha value is -0.830. The van der Waals surface area contributed by atoms with Gasteiger partial charge in [0.2, 0.25) is 0 Å². The first-order chi connectivity index (χ1) is 6.68. The second-order valence-electron chi connectivity index (χ2n) is 4.81. The van der Waals surface area contributed by atoms with E-state index in [9.17, 15) is 0 Å². The molecule has 0 aliphatic heterocycles. The predicted octanol–water partition coefficient (Wildman–Crippen LogP) is 2.34. The zero-order valence-corrected chi connectivity index (χ0v) is 8.92. The molecular formula is C11H18N2O. The van der Waals surface area contributed by atoms with Crippen LogP contribution in [0.1, 0.15) is 38.8 Å². The van der Waals surface area contributed by atoms with Crippen LogP contribution in [-0.2, 0) is 6.54 Å². The zero-order valence-electron chi connectivity index (χ0n) is 8.92. The minimum Gasteiger partial charge on any atom is -0.364 e. The van der Waals surface area contributed by atoms with Gasteiger partial charge in [-0.25, -0.2) is 0 Å². The van der Waals surface area contributed by atoms with E-state index in [-0.39, 0.29) is 0 Å². The van der Waals surface area contributed by atoms with E-state index in [4.69, 9.17) is 4.52 Å². The van der Waals surface area contributed by atoms with Gasteiger partial charge >= 0.3 is 0 Å². The molecule has 78 valence electrons. The standard InChI is InChI=1S/C11H18N2O/c1-11(2)6-3-4-10(11)12-8-9-5-7-14-13-9/h5,7,10,12H,3-4,6,8H2,1-2H3. The average Bonchev–Trinajstić information content (AvgIpc) is 2.71. The summed E-state index contributed by atoms with van der Waals surface area (Å²) in [6.07, 6.45) is 5.56. The van der Waals surface area contributed by atoms with Gasteiger partial charge in [-0.1, -0.05) is 25.4 Å². The summed E-state index contributed by atoms with van der Waals surface area (Å²) in [4.78, 5) is 0. The smallest absolute Gasteiger partial charge is 0.124 e. The fraction of sp³-hybridized carbons (Fsp3) is 0.727. The van der Waals surface area contributed by atoms with Gasteiger partial charge in [0, 0.05) is 18.7 Å². The van der Waals surface area contributed by atoms with E-state index in [1.807, 2.05) is 6.07 Å². The molecule has 1 aliphatic carbocycles. The number of hydrogen-bond donors (Lipinski definition) is 1. The van der Waals surface area contributed by atoms with Crippen molar-refractivity contribution in [1.29, 1.82) is 0 Å². The van der Waals surface area contributed by atoms with Gasteiger partial charge in [-0.15, -0.1) is 0 Å². The van der Waals surface area contributed by atoms with Crippen molar-refractivity contribution in [3.05, 3.63) is 18.0 Å². The highest BCUT2D eigenvalue weighted by atomic mass is 16.5. The molecule has 3 heteroatoms. The van der Waals surface area contributed by atoms with Gasteiger partial charge in [-0.3, -0.25) is 0 Å². The Kier molecular flexibility index (Phi) is 2.59. The van der Waals surface area contributed by atoms with E-state index >= 15 is 0 Å². The zero-order chi connectivity index (χ0) is 10.0. The average molecular weight is 194 g/mol. The summed E-state index contributed by atoms with van der Waals surface area (Å²) in [5.41, 5.74) is 1.43. The maximum atomic E-state index is 4.79. The molecule has 1 aromatic heterocycles. The molecule has 1 aliphatic rings. The van der Waals surface area contributed by atoms with Crippen LogP contribution in [0, 0.1) is 5.41 Å².